The highest BCUT2D eigenvalue weighted by Crippen LogP contribution is 1.91. The van der Waals surface area contributed by atoms with Gasteiger partial charge in [0.15, 0.2) is 0 Å². The maximum atomic E-state index is 10.6. The van der Waals surface area contributed by atoms with Crippen molar-refractivity contribution in [1.82, 2.24) is 0 Å². The summed E-state index contributed by atoms with van der Waals surface area (Å²) in [4.78, 5) is 20.3. The van der Waals surface area contributed by atoms with Crippen LogP contribution in [0.2, 0.25) is 0 Å². The van der Waals surface area contributed by atoms with Crippen molar-refractivity contribution in [3.05, 3.63) is 0 Å². The summed E-state index contributed by atoms with van der Waals surface area (Å²) in [7, 11) is 0. The zero-order chi connectivity index (χ0) is 10.8. The average molecular weight is 196 g/mol. The first-order chi connectivity index (χ1) is 6.70. The van der Waals surface area contributed by atoms with Crippen LogP contribution in [-0.4, -0.2) is 35.4 Å². The topological polar surface area (TPSA) is 83.8 Å². The number of ether oxygens (including phenoxy) is 1. The van der Waals surface area contributed by atoms with Crippen molar-refractivity contribution in [3.8, 4) is 23.7 Å². The number of hydrogen-bond acceptors (Lipinski definition) is 5. The highest BCUT2D eigenvalue weighted by atomic mass is 16.6. The quantitative estimate of drug-likeness (QED) is 0.247. The van der Waals surface area contributed by atoms with E-state index in [2.05, 4.69) is 28.4 Å². The van der Waals surface area contributed by atoms with E-state index in [0.717, 1.165) is 0 Å². The van der Waals surface area contributed by atoms with E-state index in [1.165, 1.54) is 0 Å². The minimum Gasteiger partial charge on any atom is -0.395 e. The molecule has 0 saturated carbocycles. The molecule has 0 aromatic rings. The van der Waals surface area contributed by atoms with E-state index < -0.39 is 18.5 Å². The van der Waals surface area contributed by atoms with Crippen LogP contribution in [0.1, 0.15) is 6.42 Å². The van der Waals surface area contributed by atoms with Gasteiger partial charge in [0.2, 0.25) is 0 Å². The normalized spacial score (nSPS) is 9.86. The fourth-order valence-corrected chi connectivity index (χ4v) is 0.514. The maximum absolute atomic E-state index is 10.6. The molecule has 0 fully saturated rings. The molecule has 14 heavy (non-hydrogen) atoms. The molecule has 5 heteroatoms. The summed E-state index contributed by atoms with van der Waals surface area (Å²) in [5, 5.41) is 17.3. The maximum Gasteiger partial charge on any atom is 0.316 e. The van der Waals surface area contributed by atoms with Crippen LogP contribution in [0.4, 0.5) is 0 Å². The second-order valence-corrected chi connectivity index (χ2v) is 2.04. The molecule has 1 atom stereocenters. The Balaban J connectivity index is 3.94. The van der Waals surface area contributed by atoms with E-state index >= 15 is 0 Å². The monoisotopic (exact) mass is 196 g/mol. The van der Waals surface area contributed by atoms with Gasteiger partial charge in [-0.25, -0.2) is 0 Å². The number of carbonyl (C=O) groups excluding carboxylic acids is 2. The molecule has 74 valence electrons. The minimum atomic E-state index is -1.23. The Bertz CT molecular complexity index is 312. The third-order valence-electron chi connectivity index (χ3n) is 1.01. The fourth-order valence-electron chi connectivity index (χ4n) is 0.514. The number of rotatable bonds is 3. The third kappa shape index (κ3) is 6.86. The van der Waals surface area contributed by atoms with Gasteiger partial charge in [-0.05, 0) is 11.8 Å². The van der Waals surface area contributed by atoms with E-state index in [0.29, 0.717) is 0 Å². The fraction of sp³-hybridized carbons (Fsp3) is 0.333. The number of hydrogen-bond donors (Lipinski definition) is 2. The summed E-state index contributed by atoms with van der Waals surface area (Å²) in [6.07, 6.45) is -1.62. The molecule has 0 aliphatic heterocycles. The molecule has 0 saturated heterocycles. The van der Waals surface area contributed by atoms with Crippen LogP contribution in [0.25, 0.3) is 0 Å². The number of aliphatic hydroxyl groups excluding tert-OH is 2. The Hall–Kier alpha value is -1.82. The smallest absolute Gasteiger partial charge is 0.316 e. The largest absolute Gasteiger partial charge is 0.395 e. The van der Waals surface area contributed by atoms with E-state index in [1.807, 2.05) is 0 Å². The van der Waals surface area contributed by atoms with E-state index in [4.69, 9.17) is 10.2 Å². The molecule has 0 aliphatic carbocycles. The summed E-state index contributed by atoms with van der Waals surface area (Å²) in [5.41, 5.74) is 0. The van der Waals surface area contributed by atoms with Gasteiger partial charge in [-0.3, -0.25) is 9.59 Å². The minimum absolute atomic E-state index is 0.0198. The second kappa shape index (κ2) is 7.81. The first-order valence-electron chi connectivity index (χ1n) is 3.61. The van der Waals surface area contributed by atoms with Crippen molar-refractivity contribution in [2.75, 3.05) is 6.61 Å². The zero-order valence-corrected chi connectivity index (χ0v) is 7.19. The molecular weight excluding hydrogens is 188 g/mol. The van der Waals surface area contributed by atoms with Gasteiger partial charge in [0.1, 0.15) is 12.7 Å². The predicted octanol–water partition coefficient (Wildman–Crippen LogP) is -1.56. The summed E-state index contributed by atoms with van der Waals surface area (Å²) in [5.74, 6) is 8.02. The van der Waals surface area contributed by atoms with Gasteiger partial charge in [0.05, 0.1) is 6.42 Å². The predicted molar refractivity (Wildman–Crippen MR) is 45.4 cm³/mol. The van der Waals surface area contributed by atoms with Crippen molar-refractivity contribution in [1.29, 1.82) is 0 Å². The zero-order valence-electron chi connectivity index (χ0n) is 7.19. The molecule has 0 spiro atoms. The summed E-state index contributed by atoms with van der Waals surface area (Å²) in [6.45, 7) is -0.341. The number of esters is 1. The average Bonchev–Trinajstić information content (AvgIpc) is 2.13. The first kappa shape index (κ1) is 12.2. The molecule has 0 amide bonds. The third-order valence-corrected chi connectivity index (χ3v) is 1.01. The van der Waals surface area contributed by atoms with Crippen LogP contribution in [0.5, 0.6) is 0 Å². The van der Waals surface area contributed by atoms with Crippen LogP contribution in [0.3, 0.4) is 0 Å². The number of aliphatic hydroxyl groups is 2. The van der Waals surface area contributed by atoms with Crippen LogP contribution in [0, 0.1) is 23.7 Å². The van der Waals surface area contributed by atoms with Crippen molar-refractivity contribution in [2.24, 2.45) is 0 Å². The van der Waals surface area contributed by atoms with Crippen molar-refractivity contribution in [2.45, 2.75) is 12.5 Å². The summed E-state index contributed by atoms with van der Waals surface area (Å²) < 4.78 is 3.92. The summed E-state index contributed by atoms with van der Waals surface area (Å²) >= 11 is 0. The lowest BCUT2D eigenvalue weighted by Gasteiger charge is -1.98. The first-order valence-corrected chi connectivity index (χ1v) is 3.61. The van der Waals surface area contributed by atoms with Gasteiger partial charge in [0.25, 0.3) is 0 Å². The van der Waals surface area contributed by atoms with Crippen LogP contribution in [-0.2, 0) is 14.3 Å². The van der Waals surface area contributed by atoms with Gasteiger partial charge >= 0.3 is 12.4 Å². The van der Waals surface area contributed by atoms with Crippen LogP contribution >= 0.6 is 0 Å². The summed E-state index contributed by atoms with van der Waals surface area (Å²) in [6, 6.07) is 0. The number of carbonyl (C=O) groups is 2. The van der Waals surface area contributed by atoms with Crippen molar-refractivity contribution >= 4 is 12.4 Å². The molecule has 0 aliphatic rings. The van der Waals surface area contributed by atoms with Crippen LogP contribution in [0.15, 0.2) is 0 Å². The van der Waals surface area contributed by atoms with Crippen LogP contribution < -0.4 is 0 Å². The van der Waals surface area contributed by atoms with Crippen molar-refractivity contribution in [3.63, 3.8) is 0 Å². The Morgan fingerprint density at radius 3 is 2.79 bits per heavy atom. The molecule has 5 nitrogen and oxygen atoms in total. The van der Waals surface area contributed by atoms with Gasteiger partial charge in [-0.15, -0.1) is 0 Å². The highest BCUT2D eigenvalue weighted by molar-refractivity contribution is 5.77. The molecule has 0 rings (SSSR count). The Morgan fingerprint density at radius 1 is 1.50 bits per heavy atom. The molecule has 0 bridgehead atoms. The Labute approximate surface area is 80.7 Å². The van der Waals surface area contributed by atoms with E-state index in [1.54, 1.807) is 0 Å². The highest BCUT2D eigenvalue weighted by Gasteiger charge is 2.08. The Morgan fingerprint density at radius 2 is 2.21 bits per heavy atom. The lowest BCUT2D eigenvalue weighted by Crippen LogP contribution is -2.13. The molecule has 0 aromatic carbocycles. The molecule has 0 aromatic heterocycles. The second-order valence-electron chi connectivity index (χ2n) is 2.04. The van der Waals surface area contributed by atoms with Gasteiger partial charge in [-0.2, -0.15) is 0 Å². The van der Waals surface area contributed by atoms with E-state index in [-0.39, 0.29) is 13.1 Å². The standard InChI is InChI=1S/C9H8O5/c10-5-3-1-2-4-8(12)6-9(13)14-7-11/h7-8,10,12H,5-6H2. The van der Waals surface area contributed by atoms with Crippen molar-refractivity contribution < 1.29 is 24.5 Å². The molecule has 1 unspecified atom stereocenters. The molecule has 0 radical (unpaired) electrons. The Kier molecular flexibility index (Phi) is 6.79. The molecular formula is C9H8O5. The molecule has 0 heterocycles. The van der Waals surface area contributed by atoms with E-state index in [9.17, 15) is 9.59 Å². The SMILES string of the molecule is O=COC(=O)CC(O)C#CC#CCO. The molecule has 2 N–H and O–H groups in total. The lowest BCUT2D eigenvalue weighted by atomic mass is 10.2. The van der Waals surface area contributed by atoms with Gasteiger partial charge < -0.3 is 14.9 Å². The van der Waals surface area contributed by atoms with Gasteiger partial charge in [-0.1, -0.05) is 11.8 Å². The lowest BCUT2D eigenvalue weighted by molar-refractivity contribution is -0.152. The van der Waals surface area contributed by atoms with Gasteiger partial charge in [0, 0.05) is 0 Å².